The Labute approximate surface area is 309 Å². The third-order valence-corrected chi connectivity index (χ3v) is 9.30. The molecular formula is C46H52O6. The summed E-state index contributed by atoms with van der Waals surface area (Å²) in [6.45, 7) is 16.3. The zero-order chi connectivity index (χ0) is 37.5. The van der Waals surface area contributed by atoms with Crippen molar-refractivity contribution in [3.63, 3.8) is 0 Å². The van der Waals surface area contributed by atoms with Crippen LogP contribution in [0.2, 0.25) is 0 Å². The molecule has 0 unspecified atom stereocenters. The van der Waals surface area contributed by atoms with E-state index >= 15 is 0 Å². The van der Waals surface area contributed by atoms with Crippen molar-refractivity contribution < 1.29 is 28.5 Å². The van der Waals surface area contributed by atoms with Gasteiger partial charge in [0.15, 0.2) is 0 Å². The molecule has 4 aromatic carbocycles. The monoisotopic (exact) mass is 700 g/mol. The maximum Gasteiger partial charge on any atom is 0.343 e. The van der Waals surface area contributed by atoms with Crippen LogP contribution in [0.5, 0.6) is 0 Å². The van der Waals surface area contributed by atoms with Crippen LogP contribution in [-0.4, -0.2) is 24.1 Å². The molecule has 0 bridgehead atoms. The number of carbonyl (C=O) groups is 2. The van der Waals surface area contributed by atoms with Crippen LogP contribution in [0.15, 0.2) is 157 Å². The van der Waals surface area contributed by atoms with Crippen LogP contribution in [0.1, 0.15) is 98.4 Å². The first kappa shape index (κ1) is 39.7. The molecule has 52 heavy (non-hydrogen) atoms. The summed E-state index contributed by atoms with van der Waals surface area (Å²) in [5.74, 6) is -0.382. The molecule has 6 nitrogen and oxygen atoms in total. The van der Waals surface area contributed by atoms with E-state index in [1.165, 1.54) is 0 Å². The summed E-state index contributed by atoms with van der Waals surface area (Å²) in [7, 11) is 0. The second-order valence-corrected chi connectivity index (χ2v) is 13.1. The summed E-state index contributed by atoms with van der Waals surface area (Å²) in [6, 6.07) is 38.0. The molecular weight excluding hydrogens is 649 g/mol. The van der Waals surface area contributed by atoms with Gasteiger partial charge in [-0.15, -0.1) is 0 Å². The fourth-order valence-corrected chi connectivity index (χ4v) is 6.14. The molecule has 0 fully saturated rings. The highest BCUT2D eigenvalue weighted by atomic mass is 16.5. The Kier molecular flexibility index (Phi) is 15.4. The Hall–Kier alpha value is -5.04. The summed E-state index contributed by atoms with van der Waals surface area (Å²) in [6.07, 6.45) is 3.34. The first-order chi connectivity index (χ1) is 25.1. The van der Waals surface area contributed by atoms with Gasteiger partial charge < -0.3 is 18.9 Å². The molecule has 0 aliphatic heterocycles. The number of carbonyl (C=O) groups excluding carboxylic acids is 2. The quantitative estimate of drug-likeness (QED) is 0.0584. The van der Waals surface area contributed by atoms with Crippen LogP contribution in [0.25, 0.3) is 0 Å². The second kappa shape index (κ2) is 20.1. The van der Waals surface area contributed by atoms with Crippen LogP contribution in [0.4, 0.5) is 0 Å². The van der Waals surface area contributed by atoms with Crippen molar-refractivity contribution in [2.75, 3.05) is 0 Å². The van der Waals surface area contributed by atoms with Crippen molar-refractivity contribution in [1.82, 2.24) is 0 Å². The van der Waals surface area contributed by atoms with Gasteiger partial charge in [-0.3, -0.25) is 0 Å². The Balaban J connectivity index is 1.58. The maximum absolute atomic E-state index is 13.1. The van der Waals surface area contributed by atoms with Crippen LogP contribution in [0, 0.1) is 11.8 Å². The third-order valence-electron chi connectivity index (χ3n) is 9.30. The fourth-order valence-electron chi connectivity index (χ4n) is 6.14. The highest BCUT2D eigenvalue weighted by Crippen LogP contribution is 2.34. The van der Waals surface area contributed by atoms with Gasteiger partial charge in [-0.05, 0) is 88.1 Å². The van der Waals surface area contributed by atoms with Crippen LogP contribution < -0.4 is 0 Å². The van der Waals surface area contributed by atoms with E-state index in [4.69, 9.17) is 18.9 Å². The van der Waals surface area contributed by atoms with E-state index in [0.29, 0.717) is 35.5 Å². The van der Waals surface area contributed by atoms with E-state index in [9.17, 15) is 9.59 Å². The average molecular weight is 701 g/mol. The molecule has 0 heterocycles. The lowest BCUT2D eigenvalue weighted by Crippen LogP contribution is -2.30. The minimum absolute atomic E-state index is 0.236. The molecule has 6 heteroatoms. The van der Waals surface area contributed by atoms with E-state index < -0.39 is 24.1 Å². The molecule has 0 N–H and O–H groups in total. The zero-order valence-electron chi connectivity index (χ0n) is 31.2. The lowest BCUT2D eigenvalue weighted by atomic mass is 9.89. The largest absolute Gasteiger partial charge is 0.427 e. The van der Waals surface area contributed by atoms with Gasteiger partial charge in [0.2, 0.25) is 0 Å². The summed E-state index contributed by atoms with van der Waals surface area (Å²) in [5, 5.41) is 0. The summed E-state index contributed by atoms with van der Waals surface area (Å²) < 4.78 is 25.5. The predicted molar refractivity (Wildman–Crippen MR) is 207 cm³/mol. The van der Waals surface area contributed by atoms with Gasteiger partial charge in [-0.1, -0.05) is 123 Å². The number of hydrogen-bond donors (Lipinski definition) is 0. The van der Waals surface area contributed by atoms with Crippen LogP contribution in [0.3, 0.4) is 0 Å². The zero-order valence-corrected chi connectivity index (χ0v) is 31.2. The molecule has 0 radical (unpaired) electrons. The van der Waals surface area contributed by atoms with Gasteiger partial charge in [-0.25, -0.2) is 9.59 Å². The molecule has 0 spiro atoms. The molecule has 4 rings (SSSR count). The van der Waals surface area contributed by atoms with Gasteiger partial charge in [0.1, 0.15) is 11.5 Å². The van der Waals surface area contributed by atoms with Gasteiger partial charge >= 0.3 is 11.9 Å². The Bertz CT molecular complexity index is 1630. The minimum atomic E-state index is -0.421. The van der Waals surface area contributed by atoms with E-state index in [-0.39, 0.29) is 24.0 Å². The van der Waals surface area contributed by atoms with Crippen molar-refractivity contribution in [2.24, 2.45) is 11.8 Å². The lowest BCUT2D eigenvalue weighted by molar-refractivity contribution is -0.0431. The van der Waals surface area contributed by atoms with Gasteiger partial charge in [0.25, 0.3) is 0 Å². The first-order valence-electron chi connectivity index (χ1n) is 18.1. The Morgan fingerprint density at radius 2 is 0.846 bits per heavy atom. The van der Waals surface area contributed by atoms with Crippen molar-refractivity contribution in [2.45, 2.75) is 78.8 Å². The number of hydrogen-bond acceptors (Lipinski definition) is 6. The van der Waals surface area contributed by atoms with Crippen molar-refractivity contribution in [1.29, 1.82) is 0 Å². The fraction of sp³-hybridized carbons (Fsp3) is 0.304. The lowest BCUT2D eigenvalue weighted by Gasteiger charge is -2.32. The molecule has 0 aliphatic rings. The van der Waals surface area contributed by atoms with Gasteiger partial charge in [0, 0.05) is 11.8 Å². The topological polar surface area (TPSA) is 71.1 Å². The number of benzene rings is 4. The summed E-state index contributed by atoms with van der Waals surface area (Å²) in [4.78, 5) is 26.3. The van der Waals surface area contributed by atoms with Gasteiger partial charge in [0.05, 0.1) is 35.5 Å². The van der Waals surface area contributed by atoms with E-state index in [1.54, 1.807) is 24.3 Å². The Morgan fingerprint density at radius 3 is 1.15 bits per heavy atom. The first-order valence-corrected chi connectivity index (χ1v) is 18.1. The molecule has 272 valence electrons. The standard InChI is InChI=1S/C46H52O6/c1-8-41(51-45(47)39-26-18-12-19-27-39)33(4)43(49-35(6)37-22-14-10-15-23-37)30-32(3)31-44(50-36(7)38-24-16-11-17-25-38)34(5)42(9-2)52-46(48)40-28-20-13-21-29-40/h8-29,33-36,43-44H,3,30-31H2,1-2,4-7H3/b41-8-,42-9-/t33-,34-,35+,36+,43+,44+/m1/s1. The maximum atomic E-state index is 13.1. The van der Waals surface area contributed by atoms with Crippen LogP contribution in [-0.2, 0) is 18.9 Å². The van der Waals surface area contributed by atoms with Crippen molar-refractivity contribution >= 4 is 11.9 Å². The molecule has 4 aromatic rings. The molecule has 0 aromatic heterocycles. The van der Waals surface area contributed by atoms with E-state index in [1.807, 2.05) is 151 Å². The minimum Gasteiger partial charge on any atom is -0.427 e. The average Bonchev–Trinajstić information content (AvgIpc) is 3.19. The SMILES string of the molecule is C=C(C[C@H](O[C@@H](C)c1ccccc1)[C@H](C)/C(=C/C)OC(=O)c1ccccc1)C[C@H](O[C@@H](C)c1ccccc1)[C@H](C)/C(=C/C)OC(=O)c1ccccc1. The molecule has 0 amide bonds. The highest BCUT2D eigenvalue weighted by Gasteiger charge is 2.31. The third kappa shape index (κ3) is 11.5. The predicted octanol–water partition coefficient (Wildman–Crippen LogP) is 11.4. The molecule has 6 atom stereocenters. The van der Waals surface area contributed by atoms with Crippen molar-refractivity contribution in [3.8, 4) is 0 Å². The molecule has 0 saturated heterocycles. The number of esters is 2. The second-order valence-electron chi connectivity index (χ2n) is 13.1. The number of allylic oxidation sites excluding steroid dienone is 2. The van der Waals surface area contributed by atoms with E-state index in [2.05, 4.69) is 6.58 Å². The molecule has 0 aliphatic carbocycles. The molecule has 0 saturated carbocycles. The summed E-state index contributed by atoms with van der Waals surface area (Å²) in [5.41, 5.74) is 3.92. The van der Waals surface area contributed by atoms with Gasteiger partial charge in [-0.2, -0.15) is 0 Å². The highest BCUT2D eigenvalue weighted by molar-refractivity contribution is 5.90. The number of rotatable bonds is 18. The van der Waals surface area contributed by atoms with E-state index in [0.717, 1.165) is 16.7 Å². The normalized spacial score (nSPS) is 15.4. The van der Waals surface area contributed by atoms with Crippen LogP contribution >= 0.6 is 0 Å². The number of ether oxygens (including phenoxy) is 4. The summed E-state index contributed by atoms with van der Waals surface area (Å²) >= 11 is 0. The smallest absolute Gasteiger partial charge is 0.343 e. The van der Waals surface area contributed by atoms with Crippen molar-refractivity contribution in [3.05, 3.63) is 179 Å². The Morgan fingerprint density at radius 1 is 0.538 bits per heavy atom.